The van der Waals surface area contributed by atoms with Crippen molar-refractivity contribution in [3.63, 3.8) is 0 Å². The number of carbonyl (C=O) groups is 1. The minimum absolute atomic E-state index is 0.0596. The van der Waals surface area contributed by atoms with Crippen LogP contribution in [0.1, 0.15) is 28.0 Å². The molecule has 0 spiro atoms. The Morgan fingerprint density at radius 1 is 1.11 bits per heavy atom. The molecule has 7 heteroatoms. The van der Waals surface area contributed by atoms with Crippen molar-refractivity contribution in [2.75, 3.05) is 14.1 Å². The van der Waals surface area contributed by atoms with Gasteiger partial charge in [0.05, 0.1) is 4.90 Å². The van der Waals surface area contributed by atoms with Crippen LogP contribution in [0.25, 0.3) is 10.9 Å². The topological polar surface area (TPSA) is 82.3 Å². The van der Waals surface area contributed by atoms with E-state index in [0.29, 0.717) is 5.56 Å². The van der Waals surface area contributed by atoms with Gasteiger partial charge in [-0.15, -0.1) is 0 Å². The van der Waals surface area contributed by atoms with E-state index < -0.39 is 10.0 Å². The minimum atomic E-state index is -3.50. The zero-order valence-corrected chi connectivity index (χ0v) is 16.7. The third kappa shape index (κ3) is 3.31. The van der Waals surface area contributed by atoms with Crippen LogP contribution >= 0.6 is 0 Å². The molecule has 1 aliphatic rings. The lowest BCUT2D eigenvalue weighted by atomic mass is 9.91. The molecular formula is C21H23N3O3S. The molecule has 1 aromatic heterocycles. The molecule has 1 unspecified atom stereocenters. The molecule has 0 saturated heterocycles. The van der Waals surface area contributed by atoms with Crippen molar-refractivity contribution < 1.29 is 13.2 Å². The summed E-state index contributed by atoms with van der Waals surface area (Å²) in [5, 5.41) is 4.32. The first kappa shape index (κ1) is 18.7. The van der Waals surface area contributed by atoms with Gasteiger partial charge in [0.2, 0.25) is 10.0 Å². The smallest absolute Gasteiger partial charge is 0.251 e. The van der Waals surface area contributed by atoms with Gasteiger partial charge in [-0.2, -0.15) is 0 Å². The molecule has 0 fully saturated rings. The number of benzene rings is 2. The van der Waals surface area contributed by atoms with Gasteiger partial charge in [-0.1, -0.05) is 18.2 Å². The van der Waals surface area contributed by atoms with Gasteiger partial charge in [0, 0.05) is 42.3 Å². The van der Waals surface area contributed by atoms with Crippen LogP contribution in [0.5, 0.6) is 0 Å². The summed E-state index contributed by atoms with van der Waals surface area (Å²) in [7, 11) is -0.528. The van der Waals surface area contributed by atoms with E-state index in [1.807, 2.05) is 12.1 Å². The number of amides is 1. The Kier molecular flexibility index (Phi) is 4.72. The molecule has 0 bridgehead atoms. The Morgan fingerprint density at radius 2 is 1.82 bits per heavy atom. The summed E-state index contributed by atoms with van der Waals surface area (Å²) in [6.45, 7) is 0. The molecule has 2 aromatic carbocycles. The molecule has 0 radical (unpaired) electrons. The number of hydrogen-bond acceptors (Lipinski definition) is 3. The number of H-pyrrole nitrogens is 1. The quantitative estimate of drug-likeness (QED) is 0.710. The van der Waals surface area contributed by atoms with E-state index in [4.69, 9.17) is 0 Å². The lowest BCUT2D eigenvalue weighted by Crippen LogP contribution is -2.38. The fourth-order valence-electron chi connectivity index (χ4n) is 3.75. The van der Waals surface area contributed by atoms with Gasteiger partial charge in [-0.05, 0) is 55.2 Å². The maximum atomic E-state index is 12.6. The first-order valence-corrected chi connectivity index (χ1v) is 10.7. The molecule has 0 aliphatic heterocycles. The van der Waals surface area contributed by atoms with Crippen molar-refractivity contribution in [2.45, 2.75) is 30.2 Å². The van der Waals surface area contributed by atoms with Gasteiger partial charge in [0.15, 0.2) is 0 Å². The Labute approximate surface area is 164 Å². The molecule has 1 atom stereocenters. The number of carbonyl (C=O) groups excluding carboxylic acids is 1. The molecule has 1 aliphatic carbocycles. The van der Waals surface area contributed by atoms with Crippen molar-refractivity contribution >= 4 is 26.8 Å². The average molecular weight is 398 g/mol. The maximum absolute atomic E-state index is 12.6. The highest BCUT2D eigenvalue weighted by Gasteiger charge is 2.24. The van der Waals surface area contributed by atoms with Crippen LogP contribution in [0, 0.1) is 0 Å². The van der Waals surface area contributed by atoms with E-state index in [-0.39, 0.29) is 16.8 Å². The fourth-order valence-corrected chi connectivity index (χ4v) is 4.65. The van der Waals surface area contributed by atoms with Gasteiger partial charge in [-0.3, -0.25) is 4.79 Å². The van der Waals surface area contributed by atoms with E-state index in [1.165, 1.54) is 42.9 Å². The second-order valence-corrected chi connectivity index (χ2v) is 9.50. The van der Waals surface area contributed by atoms with Crippen molar-refractivity contribution in [1.82, 2.24) is 14.6 Å². The SMILES string of the molecule is CN(C)S(=O)(=O)c1ccc(C(=O)NC2CCc3[nH]c4ccccc4c3C2)cc1. The predicted molar refractivity (Wildman–Crippen MR) is 109 cm³/mol. The van der Waals surface area contributed by atoms with Gasteiger partial charge in [-0.25, -0.2) is 12.7 Å². The molecule has 0 saturated carbocycles. The summed E-state index contributed by atoms with van der Waals surface area (Å²) in [5.41, 5.74) is 4.13. The highest BCUT2D eigenvalue weighted by molar-refractivity contribution is 7.89. The number of nitrogens with zero attached hydrogens (tertiary/aromatic N) is 1. The van der Waals surface area contributed by atoms with Crippen LogP contribution in [0.15, 0.2) is 53.4 Å². The van der Waals surface area contributed by atoms with Crippen LogP contribution in [0.2, 0.25) is 0 Å². The number of hydrogen-bond donors (Lipinski definition) is 2. The Bertz CT molecular complexity index is 1130. The molecule has 2 N–H and O–H groups in total. The average Bonchev–Trinajstić information content (AvgIpc) is 3.06. The second-order valence-electron chi connectivity index (χ2n) is 7.35. The van der Waals surface area contributed by atoms with Crippen molar-refractivity contribution in [3.8, 4) is 0 Å². The number of nitrogens with one attached hydrogen (secondary N) is 2. The lowest BCUT2D eigenvalue weighted by molar-refractivity contribution is 0.0933. The summed E-state index contributed by atoms with van der Waals surface area (Å²) in [4.78, 5) is 16.3. The zero-order chi connectivity index (χ0) is 19.9. The highest BCUT2D eigenvalue weighted by atomic mass is 32.2. The molecule has 146 valence electrons. The highest BCUT2D eigenvalue weighted by Crippen LogP contribution is 2.29. The minimum Gasteiger partial charge on any atom is -0.358 e. The fraction of sp³-hybridized carbons (Fsp3) is 0.286. The zero-order valence-electron chi connectivity index (χ0n) is 15.9. The number of aromatic amines is 1. The standard InChI is InChI=1S/C21H23N3O3S/c1-24(2)28(26,27)16-10-7-14(8-11-16)21(25)22-15-9-12-20-18(13-15)17-5-3-4-6-19(17)23-20/h3-8,10-11,15,23H,9,12-13H2,1-2H3,(H,22,25). The van der Waals surface area contributed by atoms with E-state index in [2.05, 4.69) is 22.4 Å². The Hall–Kier alpha value is -2.64. The molecule has 1 heterocycles. The second kappa shape index (κ2) is 7.07. The number of para-hydroxylation sites is 1. The monoisotopic (exact) mass is 397 g/mol. The maximum Gasteiger partial charge on any atom is 0.251 e. The summed E-state index contributed by atoms with van der Waals surface area (Å²) < 4.78 is 25.5. The molecule has 3 aromatic rings. The third-order valence-corrected chi connectivity index (χ3v) is 7.15. The van der Waals surface area contributed by atoms with Crippen molar-refractivity contribution in [3.05, 3.63) is 65.4 Å². The largest absolute Gasteiger partial charge is 0.358 e. The summed E-state index contributed by atoms with van der Waals surface area (Å²) in [5.74, 6) is -0.179. The van der Waals surface area contributed by atoms with Gasteiger partial charge < -0.3 is 10.3 Å². The Morgan fingerprint density at radius 3 is 2.54 bits per heavy atom. The summed E-state index contributed by atoms with van der Waals surface area (Å²) in [6.07, 6.45) is 2.56. The van der Waals surface area contributed by atoms with E-state index in [0.717, 1.165) is 29.1 Å². The molecule has 6 nitrogen and oxygen atoms in total. The number of sulfonamides is 1. The summed E-state index contributed by atoms with van der Waals surface area (Å²) >= 11 is 0. The van der Waals surface area contributed by atoms with Crippen LogP contribution in [-0.2, 0) is 22.9 Å². The molecule has 1 amide bonds. The predicted octanol–water partition coefficient (Wildman–Crippen LogP) is 2.71. The first-order valence-electron chi connectivity index (χ1n) is 9.28. The van der Waals surface area contributed by atoms with Crippen LogP contribution in [0.3, 0.4) is 0 Å². The van der Waals surface area contributed by atoms with E-state index in [1.54, 1.807) is 12.1 Å². The third-order valence-electron chi connectivity index (χ3n) is 5.33. The van der Waals surface area contributed by atoms with Gasteiger partial charge >= 0.3 is 0 Å². The molecule has 4 rings (SSSR count). The van der Waals surface area contributed by atoms with Crippen LogP contribution in [-0.4, -0.2) is 43.8 Å². The lowest BCUT2D eigenvalue weighted by Gasteiger charge is -2.23. The first-order chi connectivity index (χ1) is 13.4. The van der Waals surface area contributed by atoms with E-state index >= 15 is 0 Å². The molecular weight excluding hydrogens is 374 g/mol. The van der Waals surface area contributed by atoms with Crippen LogP contribution in [0.4, 0.5) is 0 Å². The van der Waals surface area contributed by atoms with Crippen molar-refractivity contribution in [2.24, 2.45) is 0 Å². The number of rotatable bonds is 4. The van der Waals surface area contributed by atoms with Gasteiger partial charge in [0.25, 0.3) is 5.91 Å². The van der Waals surface area contributed by atoms with Gasteiger partial charge in [0.1, 0.15) is 0 Å². The van der Waals surface area contributed by atoms with Crippen molar-refractivity contribution in [1.29, 1.82) is 0 Å². The van der Waals surface area contributed by atoms with E-state index in [9.17, 15) is 13.2 Å². The normalized spacial score (nSPS) is 16.9. The van der Waals surface area contributed by atoms with Crippen LogP contribution < -0.4 is 5.32 Å². The number of aryl methyl sites for hydroxylation is 1. The Balaban J connectivity index is 1.49. The summed E-state index contributed by atoms with van der Waals surface area (Å²) in [6, 6.07) is 14.4. The molecule has 28 heavy (non-hydrogen) atoms. The number of fused-ring (bicyclic) bond motifs is 3. The number of aromatic nitrogens is 1.